The zero-order chi connectivity index (χ0) is 24.9. The Morgan fingerprint density at radius 2 is 1.17 bits per heavy atom. The van der Waals surface area contributed by atoms with Gasteiger partial charge < -0.3 is 4.74 Å². The minimum absolute atomic E-state index is 0.108. The van der Waals surface area contributed by atoms with Crippen molar-refractivity contribution in [1.29, 1.82) is 0 Å². The number of rotatable bonds is 7. The van der Waals surface area contributed by atoms with Gasteiger partial charge in [0.1, 0.15) is 0 Å². The normalized spacial score (nSPS) is 11.3. The number of benzene rings is 4. The van der Waals surface area contributed by atoms with Gasteiger partial charge >= 0.3 is 0 Å². The van der Waals surface area contributed by atoms with Crippen molar-refractivity contribution in [2.75, 3.05) is 6.61 Å². The summed E-state index contributed by atoms with van der Waals surface area (Å²) >= 11 is 0. The first-order valence-corrected chi connectivity index (χ1v) is 11.4. The first-order chi connectivity index (χ1) is 16.9. The van der Waals surface area contributed by atoms with E-state index in [1.165, 1.54) is 24.3 Å². The smallest absolute Gasteiger partial charge is 0.201 e. The molecule has 0 heterocycles. The predicted octanol–water partition coefficient (Wildman–Crippen LogP) is 8.71. The second-order valence-corrected chi connectivity index (χ2v) is 8.01. The first-order valence-electron chi connectivity index (χ1n) is 11.4. The van der Waals surface area contributed by atoms with E-state index in [0.29, 0.717) is 16.7 Å². The van der Waals surface area contributed by atoms with Gasteiger partial charge in [0.25, 0.3) is 0 Å². The van der Waals surface area contributed by atoms with Crippen molar-refractivity contribution in [3.8, 4) is 28.0 Å². The van der Waals surface area contributed by atoms with E-state index in [9.17, 15) is 17.6 Å². The van der Waals surface area contributed by atoms with Crippen LogP contribution in [0.1, 0.15) is 30.5 Å². The zero-order valence-corrected chi connectivity index (χ0v) is 19.4. The molecule has 4 rings (SSSR count). The predicted molar refractivity (Wildman–Crippen MR) is 133 cm³/mol. The quantitative estimate of drug-likeness (QED) is 0.191. The molecule has 0 aromatic heterocycles. The van der Waals surface area contributed by atoms with E-state index in [1.54, 1.807) is 55.5 Å². The Hall–Kier alpha value is -3.86. The fraction of sp³-hybridized carbons (Fsp3) is 0.133. The van der Waals surface area contributed by atoms with Crippen LogP contribution in [0.15, 0.2) is 72.8 Å². The molecule has 0 saturated carbocycles. The summed E-state index contributed by atoms with van der Waals surface area (Å²) in [6, 6.07) is 20.0. The molecule has 0 amide bonds. The molecule has 1 nitrogen and oxygen atoms in total. The van der Waals surface area contributed by atoms with Crippen LogP contribution in [0.25, 0.3) is 34.4 Å². The Labute approximate surface area is 202 Å². The molecule has 5 heteroatoms. The molecule has 178 valence electrons. The second kappa shape index (κ2) is 10.6. The average Bonchev–Trinajstić information content (AvgIpc) is 2.88. The number of hydrogen-bond acceptors (Lipinski definition) is 1. The van der Waals surface area contributed by atoms with Crippen LogP contribution in [0.5, 0.6) is 5.75 Å². The molecule has 0 aliphatic heterocycles. The molecule has 0 radical (unpaired) electrons. The fourth-order valence-electron chi connectivity index (χ4n) is 3.82. The minimum Gasteiger partial charge on any atom is -0.491 e. The highest BCUT2D eigenvalue weighted by molar-refractivity contribution is 5.74. The molecule has 0 spiro atoms. The van der Waals surface area contributed by atoms with Crippen molar-refractivity contribution in [3.05, 3.63) is 113 Å². The van der Waals surface area contributed by atoms with Crippen LogP contribution in [0, 0.1) is 23.3 Å². The van der Waals surface area contributed by atoms with Crippen molar-refractivity contribution < 1.29 is 22.3 Å². The number of hydrogen-bond donors (Lipinski definition) is 0. The monoisotopic (exact) mass is 476 g/mol. The van der Waals surface area contributed by atoms with Crippen LogP contribution in [0.3, 0.4) is 0 Å². The molecule has 0 N–H and O–H groups in total. The lowest BCUT2D eigenvalue weighted by molar-refractivity contribution is 0.314. The summed E-state index contributed by atoms with van der Waals surface area (Å²) in [6.07, 6.45) is 3.98. The van der Waals surface area contributed by atoms with Gasteiger partial charge in [-0.1, -0.05) is 79.7 Å². The molecule has 0 bridgehead atoms. The lowest BCUT2D eigenvalue weighted by Gasteiger charge is -2.09. The van der Waals surface area contributed by atoms with Crippen LogP contribution in [-0.2, 0) is 6.42 Å². The van der Waals surface area contributed by atoms with Crippen LogP contribution >= 0.6 is 0 Å². The molecule has 0 atom stereocenters. The summed E-state index contributed by atoms with van der Waals surface area (Å²) in [5, 5.41) is 0. The summed E-state index contributed by atoms with van der Waals surface area (Å²) in [4.78, 5) is 0. The molecular weight excluding hydrogens is 452 g/mol. The first kappa shape index (κ1) is 24.3. The Bertz CT molecular complexity index is 1360. The summed E-state index contributed by atoms with van der Waals surface area (Å²) in [6.45, 7) is 3.95. The largest absolute Gasteiger partial charge is 0.491 e. The average molecular weight is 477 g/mol. The van der Waals surface area contributed by atoms with Gasteiger partial charge in [0.2, 0.25) is 5.82 Å². The highest BCUT2D eigenvalue weighted by Crippen LogP contribution is 2.31. The van der Waals surface area contributed by atoms with E-state index in [0.717, 1.165) is 12.0 Å². The third-order valence-corrected chi connectivity index (χ3v) is 5.81. The van der Waals surface area contributed by atoms with E-state index in [-0.39, 0.29) is 29.0 Å². The highest BCUT2D eigenvalue weighted by atomic mass is 19.2. The van der Waals surface area contributed by atoms with Gasteiger partial charge in [0.15, 0.2) is 23.2 Å². The standard InChI is InChI=1S/C30H24F4O/c1-3-19-5-10-21(11-6-19)24-16-15-23(27(31)28(24)32)14-9-20-7-12-22(13-8-20)25-17-18-26(35-4-2)30(34)29(25)33/h5-18H,3-4H2,1-2H3/b14-9+. The Morgan fingerprint density at radius 3 is 1.77 bits per heavy atom. The minimum atomic E-state index is -1.03. The topological polar surface area (TPSA) is 9.23 Å². The van der Waals surface area contributed by atoms with Crippen molar-refractivity contribution in [2.45, 2.75) is 20.3 Å². The summed E-state index contributed by atoms with van der Waals surface area (Å²) in [7, 11) is 0. The molecular formula is C30H24F4O. The molecule has 0 aliphatic carbocycles. The van der Waals surface area contributed by atoms with E-state index in [4.69, 9.17) is 4.74 Å². The molecule has 0 unspecified atom stereocenters. The third-order valence-electron chi connectivity index (χ3n) is 5.81. The molecule has 35 heavy (non-hydrogen) atoms. The number of ether oxygens (including phenoxy) is 1. The van der Waals surface area contributed by atoms with Gasteiger partial charge in [-0.15, -0.1) is 0 Å². The van der Waals surface area contributed by atoms with Gasteiger partial charge in [0, 0.05) is 16.7 Å². The second-order valence-electron chi connectivity index (χ2n) is 8.01. The van der Waals surface area contributed by atoms with E-state index < -0.39 is 23.3 Å². The van der Waals surface area contributed by atoms with Crippen LogP contribution in [0.4, 0.5) is 17.6 Å². The van der Waals surface area contributed by atoms with Crippen molar-refractivity contribution in [3.63, 3.8) is 0 Å². The van der Waals surface area contributed by atoms with Gasteiger partial charge in [-0.25, -0.2) is 13.2 Å². The van der Waals surface area contributed by atoms with Gasteiger partial charge in [-0.3, -0.25) is 0 Å². The molecule has 0 aliphatic rings. The molecule has 4 aromatic carbocycles. The van der Waals surface area contributed by atoms with Crippen molar-refractivity contribution >= 4 is 12.2 Å². The third kappa shape index (κ3) is 5.14. The maximum atomic E-state index is 14.8. The maximum absolute atomic E-state index is 14.8. The van der Waals surface area contributed by atoms with Crippen molar-refractivity contribution in [2.24, 2.45) is 0 Å². The van der Waals surface area contributed by atoms with Crippen LogP contribution < -0.4 is 4.74 Å². The van der Waals surface area contributed by atoms with Crippen LogP contribution in [0.2, 0.25) is 0 Å². The van der Waals surface area contributed by atoms with Crippen molar-refractivity contribution in [1.82, 2.24) is 0 Å². The van der Waals surface area contributed by atoms with E-state index >= 15 is 0 Å². The van der Waals surface area contributed by atoms with Crippen LogP contribution in [-0.4, -0.2) is 6.61 Å². The Kier molecular flexibility index (Phi) is 7.35. The number of aryl methyl sites for hydroxylation is 1. The number of halogens is 4. The van der Waals surface area contributed by atoms with Gasteiger partial charge in [-0.05, 0) is 47.7 Å². The lowest BCUT2D eigenvalue weighted by Crippen LogP contribution is -1.98. The summed E-state index contributed by atoms with van der Waals surface area (Å²) in [5.41, 5.74) is 3.34. The lowest BCUT2D eigenvalue weighted by atomic mass is 10.00. The van der Waals surface area contributed by atoms with Gasteiger partial charge in [-0.2, -0.15) is 4.39 Å². The summed E-state index contributed by atoms with van der Waals surface area (Å²) < 4.78 is 63.2. The van der Waals surface area contributed by atoms with E-state index in [2.05, 4.69) is 0 Å². The molecule has 0 saturated heterocycles. The Balaban J connectivity index is 1.54. The zero-order valence-electron chi connectivity index (χ0n) is 19.4. The SMILES string of the molecule is CCOc1ccc(-c2ccc(/C=C/c3ccc(-c4ccc(CC)cc4)c(F)c3F)cc2)c(F)c1F. The maximum Gasteiger partial charge on any atom is 0.201 e. The molecule has 4 aromatic rings. The fourth-order valence-corrected chi connectivity index (χ4v) is 3.82. The van der Waals surface area contributed by atoms with Gasteiger partial charge in [0.05, 0.1) is 6.61 Å². The summed E-state index contributed by atoms with van der Waals surface area (Å²) in [5.74, 6) is -3.98. The molecule has 0 fully saturated rings. The highest BCUT2D eigenvalue weighted by Gasteiger charge is 2.16. The Morgan fingerprint density at radius 1 is 0.600 bits per heavy atom. The van der Waals surface area contributed by atoms with E-state index in [1.807, 2.05) is 19.1 Å².